The van der Waals surface area contributed by atoms with Crippen molar-refractivity contribution in [2.24, 2.45) is 0 Å². The molecule has 0 radical (unpaired) electrons. The number of aromatic nitrogens is 4. The molecule has 14 nitrogen and oxygen atoms in total. The summed E-state index contributed by atoms with van der Waals surface area (Å²) in [6.45, 7) is 4.64. The van der Waals surface area contributed by atoms with E-state index in [1.165, 1.54) is 31.7 Å². The fraction of sp³-hybridized carbons (Fsp3) is 0.615. The molecule has 2 aromatic rings. The van der Waals surface area contributed by atoms with Crippen molar-refractivity contribution in [2.75, 3.05) is 68.6 Å². The highest BCUT2D eigenvalue weighted by Gasteiger charge is 2.48. The Morgan fingerprint density at radius 2 is 1.93 bits per heavy atom. The van der Waals surface area contributed by atoms with Crippen LogP contribution in [-0.2, 0) is 9.47 Å². The van der Waals surface area contributed by atoms with Gasteiger partial charge in [-0.3, -0.25) is 15.5 Å². The first-order chi connectivity index (χ1) is 20.2. The lowest BCUT2D eigenvalue weighted by molar-refractivity contribution is -0.0760. The van der Waals surface area contributed by atoms with Crippen LogP contribution in [-0.4, -0.2) is 119 Å². The second-order valence-corrected chi connectivity index (χ2v) is 10.3. The van der Waals surface area contributed by atoms with Crippen LogP contribution in [0, 0.1) is 0 Å². The summed E-state index contributed by atoms with van der Waals surface area (Å²) in [5.41, 5.74) is 0. The van der Waals surface area contributed by atoms with E-state index >= 15 is 8.78 Å². The quantitative estimate of drug-likeness (QED) is 0.467. The van der Waals surface area contributed by atoms with E-state index in [1.807, 2.05) is 0 Å². The molecule has 2 N–H and O–H groups in total. The molecule has 0 unspecified atom stereocenters. The number of rotatable bonds is 8. The van der Waals surface area contributed by atoms with Crippen LogP contribution in [0.2, 0.25) is 0 Å². The van der Waals surface area contributed by atoms with Gasteiger partial charge in [-0.25, -0.2) is 33.3 Å². The van der Waals surface area contributed by atoms with Crippen LogP contribution in [0.4, 0.5) is 36.0 Å². The van der Waals surface area contributed by atoms with Gasteiger partial charge in [-0.15, -0.1) is 0 Å². The molecule has 0 saturated carbocycles. The number of carbonyl (C=O) groups is 2. The molecule has 5 rings (SSSR count). The zero-order valence-electron chi connectivity index (χ0n) is 23.5. The van der Waals surface area contributed by atoms with Crippen molar-refractivity contribution >= 4 is 29.7 Å². The van der Waals surface area contributed by atoms with Gasteiger partial charge in [-0.1, -0.05) is 0 Å². The number of ether oxygens (including phenoxy) is 3. The molecule has 2 aromatic heterocycles. The topological polar surface area (TPSA) is 147 Å². The van der Waals surface area contributed by atoms with Gasteiger partial charge in [0.1, 0.15) is 18.0 Å². The number of carbonyl (C=O) groups excluding carboxylic acids is 2. The highest BCUT2D eigenvalue weighted by atomic mass is 19.3. The molecule has 0 spiro atoms. The van der Waals surface area contributed by atoms with Crippen molar-refractivity contribution in [3.05, 3.63) is 24.7 Å². The SMILES string of the molecule is CCOc1cnc(NC(=O)N(C)[C@H]2CN(c3nccc(NC(=O)O[C@H]4COC[C@H]4N4CCCC4)n3)CCC2(F)F)cn1. The lowest BCUT2D eigenvalue weighted by atomic mass is 10.00. The largest absolute Gasteiger partial charge is 0.477 e. The molecule has 3 saturated heterocycles. The van der Waals surface area contributed by atoms with Crippen molar-refractivity contribution < 1.29 is 32.6 Å². The number of halogens is 2. The summed E-state index contributed by atoms with van der Waals surface area (Å²) in [4.78, 5) is 46.9. The first-order valence-corrected chi connectivity index (χ1v) is 14.0. The summed E-state index contributed by atoms with van der Waals surface area (Å²) < 4.78 is 46.4. The third-order valence-corrected chi connectivity index (χ3v) is 7.56. The van der Waals surface area contributed by atoms with Gasteiger partial charge in [-0.05, 0) is 38.9 Å². The molecule has 5 heterocycles. The van der Waals surface area contributed by atoms with E-state index in [4.69, 9.17) is 14.2 Å². The van der Waals surface area contributed by atoms with Crippen molar-refractivity contribution in [1.29, 1.82) is 0 Å². The van der Waals surface area contributed by atoms with Crippen LogP contribution in [0.5, 0.6) is 5.88 Å². The predicted octanol–water partition coefficient (Wildman–Crippen LogP) is 2.45. The van der Waals surface area contributed by atoms with E-state index in [9.17, 15) is 9.59 Å². The number of anilines is 3. The molecule has 228 valence electrons. The third kappa shape index (κ3) is 6.92. The number of likely N-dealkylation sites (N-methyl/N-ethyl adjacent to an activating group) is 1. The van der Waals surface area contributed by atoms with Gasteiger partial charge in [0, 0.05) is 32.8 Å². The fourth-order valence-electron chi connectivity index (χ4n) is 5.31. The van der Waals surface area contributed by atoms with Crippen LogP contribution >= 0.6 is 0 Å². The Morgan fingerprint density at radius 3 is 2.67 bits per heavy atom. The predicted molar refractivity (Wildman–Crippen MR) is 147 cm³/mol. The molecule has 3 atom stereocenters. The Labute approximate surface area is 241 Å². The minimum atomic E-state index is -3.16. The van der Waals surface area contributed by atoms with Gasteiger partial charge >= 0.3 is 12.1 Å². The summed E-state index contributed by atoms with van der Waals surface area (Å²) in [5, 5.41) is 5.09. The Morgan fingerprint density at radius 1 is 1.12 bits per heavy atom. The summed E-state index contributed by atoms with van der Waals surface area (Å²) in [5.74, 6) is -2.49. The minimum Gasteiger partial charge on any atom is -0.477 e. The first-order valence-electron chi connectivity index (χ1n) is 14.0. The van der Waals surface area contributed by atoms with E-state index in [0.717, 1.165) is 30.8 Å². The average molecular weight is 592 g/mol. The maximum Gasteiger partial charge on any atom is 0.413 e. The molecule has 0 bridgehead atoms. The molecule has 3 aliphatic rings. The normalized spacial score (nSPS) is 23.8. The zero-order chi connectivity index (χ0) is 29.7. The van der Waals surface area contributed by atoms with Gasteiger partial charge < -0.3 is 24.0 Å². The molecule has 0 aliphatic carbocycles. The summed E-state index contributed by atoms with van der Waals surface area (Å²) in [6.07, 6.45) is 4.65. The van der Waals surface area contributed by atoms with Gasteiger partial charge in [-0.2, -0.15) is 4.98 Å². The van der Waals surface area contributed by atoms with Gasteiger partial charge in [0.15, 0.2) is 5.82 Å². The summed E-state index contributed by atoms with van der Waals surface area (Å²) in [6, 6.07) is -0.762. The number of hydrogen-bond acceptors (Lipinski definition) is 11. The van der Waals surface area contributed by atoms with E-state index in [-0.39, 0.29) is 42.6 Å². The van der Waals surface area contributed by atoms with Crippen LogP contribution < -0.4 is 20.3 Å². The highest BCUT2D eigenvalue weighted by molar-refractivity contribution is 5.88. The van der Waals surface area contributed by atoms with Crippen molar-refractivity contribution in [1.82, 2.24) is 29.7 Å². The summed E-state index contributed by atoms with van der Waals surface area (Å²) in [7, 11) is 1.29. The standard InChI is InChI=1S/C26H35F2N9O5/c1-3-41-22-13-30-21(12-31-22)33-24(38)35(2)19-14-37(11-7-26(19,27)28)23-29-8-6-20(32-23)34-25(39)42-18-16-40-15-17(18)36-9-4-5-10-36/h6,8,12-13,17-19H,3-5,7,9-11,14-16H2,1-2H3,(H,30,33,38)(H,29,32,34,39)/t17-,18+,19+/m1/s1. The average Bonchev–Trinajstić information content (AvgIpc) is 3.66. The lowest BCUT2D eigenvalue weighted by Gasteiger charge is -2.42. The maximum absolute atomic E-state index is 15.0. The molecule has 3 aliphatic heterocycles. The molecule has 0 aromatic carbocycles. The van der Waals surface area contributed by atoms with Gasteiger partial charge in [0.05, 0.1) is 38.3 Å². The third-order valence-electron chi connectivity index (χ3n) is 7.56. The van der Waals surface area contributed by atoms with Crippen molar-refractivity contribution in [2.45, 2.75) is 50.3 Å². The number of likely N-dealkylation sites (tertiary alicyclic amines) is 1. The Hall–Kier alpha value is -3.92. The molecule has 3 fully saturated rings. The Kier molecular flexibility index (Phi) is 9.11. The number of piperidine rings is 1. The number of hydrogen-bond donors (Lipinski definition) is 2. The Bertz CT molecular complexity index is 1230. The second-order valence-electron chi connectivity index (χ2n) is 10.3. The van der Waals surface area contributed by atoms with Crippen molar-refractivity contribution in [3.8, 4) is 5.88 Å². The number of nitrogens with one attached hydrogen (secondary N) is 2. The summed E-state index contributed by atoms with van der Waals surface area (Å²) >= 11 is 0. The zero-order valence-corrected chi connectivity index (χ0v) is 23.5. The van der Waals surface area contributed by atoms with E-state index in [0.29, 0.717) is 19.8 Å². The minimum absolute atomic E-state index is 0.0156. The monoisotopic (exact) mass is 591 g/mol. The van der Waals surface area contributed by atoms with E-state index in [2.05, 4.69) is 35.5 Å². The van der Waals surface area contributed by atoms with E-state index in [1.54, 1.807) is 11.8 Å². The number of nitrogens with zero attached hydrogens (tertiary/aromatic N) is 7. The van der Waals surface area contributed by atoms with Crippen LogP contribution in [0.15, 0.2) is 24.7 Å². The van der Waals surface area contributed by atoms with Crippen LogP contribution in [0.1, 0.15) is 26.2 Å². The van der Waals surface area contributed by atoms with Crippen LogP contribution in [0.25, 0.3) is 0 Å². The molecule has 42 heavy (non-hydrogen) atoms. The van der Waals surface area contributed by atoms with Crippen molar-refractivity contribution in [3.63, 3.8) is 0 Å². The Balaban J connectivity index is 1.20. The number of urea groups is 1. The lowest BCUT2D eigenvalue weighted by Crippen LogP contribution is -2.60. The number of alkyl halides is 2. The van der Waals surface area contributed by atoms with Gasteiger partial charge in [0.25, 0.3) is 5.92 Å². The smallest absolute Gasteiger partial charge is 0.413 e. The first kappa shape index (κ1) is 29.6. The molecule has 3 amide bonds. The van der Waals surface area contributed by atoms with Crippen LogP contribution in [0.3, 0.4) is 0 Å². The highest BCUT2D eigenvalue weighted by Crippen LogP contribution is 2.33. The van der Waals surface area contributed by atoms with Gasteiger partial charge in [0.2, 0.25) is 11.8 Å². The molecular weight excluding hydrogens is 556 g/mol. The second kappa shape index (κ2) is 12.9. The fourth-order valence-corrected chi connectivity index (χ4v) is 5.31. The molecular formula is C26H35F2N9O5. The van der Waals surface area contributed by atoms with E-state index < -0.39 is 36.6 Å². The number of amides is 3. The maximum atomic E-state index is 15.0. The molecule has 16 heteroatoms.